The van der Waals surface area contributed by atoms with Crippen molar-refractivity contribution >= 4 is 0 Å². The van der Waals surface area contributed by atoms with E-state index >= 15 is 0 Å². The van der Waals surface area contributed by atoms with Crippen molar-refractivity contribution in [1.82, 2.24) is 4.90 Å². The van der Waals surface area contributed by atoms with Crippen LogP contribution in [0.25, 0.3) is 0 Å². The molecular weight excluding hydrogens is 170 g/mol. The summed E-state index contributed by atoms with van der Waals surface area (Å²) in [7, 11) is 3.45. The predicted octanol–water partition coefficient (Wildman–Crippen LogP) is -0.0200. The number of epoxide rings is 1. The smallest absolute Gasteiger partial charge is 0.0936 e. The van der Waals surface area contributed by atoms with E-state index < -0.39 is 0 Å². The van der Waals surface area contributed by atoms with Crippen molar-refractivity contribution in [2.45, 2.75) is 6.10 Å². The number of hydrogen-bond donors (Lipinski definition) is 0. The van der Waals surface area contributed by atoms with Gasteiger partial charge >= 0.3 is 0 Å². The van der Waals surface area contributed by atoms with Crippen LogP contribution >= 0.6 is 0 Å². The molecule has 1 atom stereocenters. The van der Waals surface area contributed by atoms with Crippen molar-refractivity contribution in [2.24, 2.45) is 0 Å². The number of nitrogens with zero attached hydrogens (tertiary/aromatic N) is 1. The Morgan fingerprint density at radius 1 is 1.23 bits per heavy atom. The summed E-state index contributed by atoms with van der Waals surface area (Å²) in [5.41, 5.74) is 0. The maximum Gasteiger partial charge on any atom is 0.0936 e. The summed E-state index contributed by atoms with van der Waals surface area (Å²) >= 11 is 0. The Morgan fingerprint density at radius 2 is 1.77 bits per heavy atom. The van der Waals surface area contributed by atoms with Crippen LogP contribution in [0.4, 0.5) is 0 Å². The molecule has 1 rings (SSSR count). The first-order valence-corrected chi connectivity index (χ1v) is 4.68. The molecule has 1 aliphatic rings. The second kappa shape index (κ2) is 6.32. The molecule has 0 N–H and O–H groups in total. The maximum absolute atomic E-state index is 5.18. The van der Waals surface area contributed by atoms with Gasteiger partial charge in [-0.15, -0.1) is 0 Å². The molecule has 1 fully saturated rings. The third-order valence-electron chi connectivity index (χ3n) is 2.09. The second-order valence-electron chi connectivity index (χ2n) is 3.24. The summed E-state index contributed by atoms with van der Waals surface area (Å²) < 4.78 is 15.2. The van der Waals surface area contributed by atoms with Gasteiger partial charge in [0.1, 0.15) is 0 Å². The second-order valence-corrected chi connectivity index (χ2v) is 3.24. The highest BCUT2D eigenvalue weighted by Gasteiger charge is 2.24. The Bertz CT molecular complexity index is 120. The molecule has 0 saturated carbocycles. The minimum Gasteiger partial charge on any atom is -0.383 e. The summed E-state index contributed by atoms with van der Waals surface area (Å²) in [6.45, 7) is 5.38. The van der Waals surface area contributed by atoms with Gasteiger partial charge in [0, 0.05) is 33.9 Å². The van der Waals surface area contributed by atoms with Gasteiger partial charge in [0.15, 0.2) is 0 Å². The van der Waals surface area contributed by atoms with Gasteiger partial charge in [-0.1, -0.05) is 0 Å². The van der Waals surface area contributed by atoms with Gasteiger partial charge in [0.2, 0.25) is 0 Å². The minimum atomic E-state index is 0.453. The number of rotatable bonds is 8. The van der Waals surface area contributed by atoms with E-state index in [0.717, 1.165) is 39.5 Å². The molecule has 4 nitrogen and oxygen atoms in total. The van der Waals surface area contributed by atoms with E-state index in [9.17, 15) is 0 Å². The zero-order chi connectivity index (χ0) is 9.52. The number of hydrogen-bond acceptors (Lipinski definition) is 4. The van der Waals surface area contributed by atoms with Gasteiger partial charge < -0.3 is 14.2 Å². The van der Waals surface area contributed by atoms with Crippen LogP contribution < -0.4 is 0 Å². The van der Waals surface area contributed by atoms with E-state index in [4.69, 9.17) is 14.2 Å². The van der Waals surface area contributed by atoms with Crippen LogP contribution in [-0.4, -0.2) is 64.7 Å². The average Bonchev–Trinajstić information content (AvgIpc) is 2.93. The largest absolute Gasteiger partial charge is 0.383 e. The monoisotopic (exact) mass is 189 g/mol. The van der Waals surface area contributed by atoms with Crippen LogP contribution in [-0.2, 0) is 14.2 Å². The Hall–Kier alpha value is -0.160. The van der Waals surface area contributed by atoms with Crippen LogP contribution in [0.5, 0.6) is 0 Å². The van der Waals surface area contributed by atoms with Crippen molar-refractivity contribution in [2.75, 3.05) is 53.7 Å². The molecule has 0 amide bonds. The average molecular weight is 189 g/mol. The molecule has 4 heteroatoms. The van der Waals surface area contributed by atoms with E-state index in [1.165, 1.54) is 0 Å². The van der Waals surface area contributed by atoms with E-state index in [1.54, 1.807) is 14.2 Å². The molecular formula is C9H19NO3. The lowest BCUT2D eigenvalue weighted by atomic mass is 10.4. The molecule has 0 radical (unpaired) electrons. The normalized spacial score (nSPS) is 21.0. The molecule has 0 spiro atoms. The van der Waals surface area contributed by atoms with Gasteiger partial charge in [-0.05, 0) is 0 Å². The summed E-state index contributed by atoms with van der Waals surface area (Å²) in [4.78, 5) is 2.31. The van der Waals surface area contributed by atoms with Crippen LogP contribution in [0.2, 0.25) is 0 Å². The van der Waals surface area contributed by atoms with Crippen molar-refractivity contribution in [3.8, 4) is 0 Å². The van der Waals surface area contributed by atoms with Gasteiger partial charge in [0.05, 0.1) is 25.9 Å². The van der Waals surface area contributed by atoms with E-state index in [2.05, 4.69) is 4.90 Å². The first kappa shape index (κ1) is 10.9. The predicted molar refractivity (Wildman–Crippen MR) is 49.9 cm³/mol. The third-order valence-corrected chi connectivity index (χ3v) is 2.09. The lowest BCUT2D eigenvalue weighted by Gasteiger charge is -2.20. The van der Waals surface area contributed by atoms with E-state index in [0.29, 0.717) is 6.10 Å². The lowest BCUT2D eigenvalue weighted by molar-refractivity contribution is 0.109. The van der Waals surface area contributed by atoms with E-state index in [-0.39, 0.29) is 0 Å². The summed E-state index contributed by atoms with van der Waals surface area (Å²) in [5.74, 6) is 0. The molecule has 0 aliphatic carbocycles. The van der Waals surface area contributed by atoms with Gasteiger partial charge in [0.25, 0.3) is 0 Å². The molecule has 1 saturated heterocycles. The fourth-order valence-electron chi connectivity index (χ4n) is 1.20. The zero-order valence-corrected chi connectivity index (χ0v) is 8.49. The molecule has 0 aromatic carbocycles. The van der Waals surface area contributed by atoms with Crippen molar-refractivity contribution < 1.29 is 14.2 Å². The van der Waals surface area contributed by atoms with Crippen LogP contribution in [0.3, 0.4) is 0 Å². The maximum atomic E-state index is 5.18. The quantitative estimate of drug-likeness (QED) is 0.503. The fraction of sp³-hybridized carbons (Fsp3) is 1.00. The Labute approximate surface area is 79.8 Å². The Balaban J connectivity index is 2.08. The molecule has 78 valence electrons. The van der Waals surface area contributed by atoms with Crippen molar-refractivity contribution in [3.63, 3.8) is 0 Å². The highest BCUT2D eigenvalue weighted by atomic mass is 16.6. The highest BCUT2D eigenvalue weighted by molar-refractivity contribution is 4.74. The summed E-state index contributed by atoms with van der Waals surface area (Å²) in [6.07, 6.45) is 0.453. The first-order chi connectivity index (χ1) is 6.36. The molecule has 13 heavy (non-hydrogen) atoms. The highest BCUT2D eigenvalue weighted by Crippen LogP contribution is 2.10. The standard InChI is InChI=1S/C9H19NO3/c1-11-5-3-10(4-6-12-2)7-9-8-13-9/h9H,3-8H2,1-2H3/t9-/m1/s1. The van der Waals surface area contributed by atoms with Crippen LogP contribution in [0.15, 0.2) is 0 Å². The van der Waals surface area contributed by atoms with Crippen molar-refractivity contribution in [3.05, 3.63) is 0 Å². The summed E-state index contributed by atoms with van der Waals surface area (Å²) in [6, 6.07) is 0. The molecule has 0 aromatic rings. The minimum absolute atomic E-state index is 0.453. The topological polar surface area (TPSA) is 34.2 Å². The van der Waals surface area contributed by atoms with E-state index in [1.807, 2.05) is 0 Å². The molecule has 0 aromatic heterocycles. The van der Waals surface area contributed by atoms with Crippen LogP contribution in [0.1, 0.15) is 0 Å². The molecule has 1 aliphatic heterocycles. The fourth-order valence-corrected chi connectivity index (χ4v) is 1.20. The first-order valence-electron chi connectivity index (χ1n) is 4.68. The van der Waals surface area contributed by atoms with Gasteiger partial charge in [-0.3, -0.25) is 4.90 Å². The molecule has 0 bridgehead atoms. The Morgan fingerprint density at radius 3 is 2.15 bits per heavy atom. The van der Waals surface area contributed by atoms with Crippen LogP contribution in [0, 0.1) is 0 Å². The zero-order valence-electron chi connectivity index (χ0n) is 8.49. The summed E-state index contributed by atoms with van der Waals surface area (Å²) in [5, 5.41) is 0. The number of methoxy groups -OCH3 is 2. The molecule has 0 unspecified atom stereocenters. The SMILES string of the molecule is COCCN(CCOC)C[C@@H]1CO1. The lowest BCUT2D eigenvalue weighted by Crippen LogP contribution is -2.33. The number of ether oxygens (including phenoxy) is 3. The third kappa shape index (κ3) is 5.21. The van der Waals surface area contributed by atoms with Gasteiger partial charge in [-0.25, -0.2) is 0 Å². The van der Waals surface area contributed by atoms with Gasteiger partial charge in [-0.2, -0.15) is 0 Å². The molecule has 1 heterocycles. The van der Waals surface area contributed by atoms with Crippen molar-refractivity contribution in [1.29, 1.82) is 0 Å². The Kier molecular flexibility index (Phi) is 5.31.